The summed E-state index contributed by atoms with van der Waals surface area (Å²) in [6, 6.07) is 13.4. The molecular formula is C21H16F3N5O2. The normalized spacial score (nSPS) is 11.2. The smallest absolute Gasteiger partial charge is 0.416 e. The van der Waals surface area contributed by atoms with Crippen LogP contribution in [0.1, 0.15) is 5.56 Å². The Balaban J connectivity index is 1.54. The van der Waals surface area contributed by atoms with E-state index in [1.807, 2.05) is 0 Å². The van der Waals surface area contributed by atoms with E-state index < -0.39 is 11.7 Å². The van der Waals surface area contributed by atoms with Gasteiger partial charge in [-0.2, -0.15) is 13.2 Å². The van der Waals surface area contributed by atoms with Crippen molar-refractivity contribution in [3.8, 4) is 28.6 Å². The number of anilines is 2. The van der Waals surface area contributed by atoms with Crippen LogP contribution in [0.3, 0.4) is 0 Å². The highest BCUT2D eigenvalue weighted by Crippen LogP contribution is 2.35. The van der Waals surface area contributed by atoms with Gasteiger partial charge in [-0.3, -0.25) is 4.98 Å². The maximum atomic E-state index is 12.9. The molecular weight excluding hydrogens is 411 g/mol. The third-order valence-corrected chi connectivity index (χ3v) is 4.25. The third kappa shape index (κ3) is 4.74. The van der Waals surface area contributed by atoms with Crippen molar-refractivity contribution in [2.24, 2.45) is 0 Å². The number of ether oxygens (including phenoxy) is 2. The second-order valence-corrected chi connectivity index (χ2v) is 6.38. The van der Waals surface area contributed by atoms with Crippen LogP contribution in [-0.2, 0) is 6.18 Å². The molecule has 0 unspecified atom stereocenters. The number of nitrogens with one attached hydrogen (secondary N) is 2. The Morgan fingerprint density at radius 2 is 1.74 bits per heavy atom. The summed E-state index contributed by atoms with van der Waals surface area (Å²) in [5.74, 6) is 2.18. The average Bonchev–Trinajstić information content (AvgIpc) is 3.23. The van der Waals surface area contributed by atoms with Crippen molar-refractivity contribution >= 4 is 11.6 Å². The molecule has 0 amide bonds. The first-order chi connectivity index (χ1) is 14.9. The number of pyridine rings is 1. The van der Waals surface area contributed by atoms with Crippen LogP contribution in [-0.4, -0.2) is 27.3 Å². The van der Waals surface area contributed by atoms with Crippen LogP contribution < -0.4 is 14.8 Å². The van der Waals surface area contributed by atoms with Gasteiger partial charge in [-0.1, -0.05) is 6.07 Å². The van der Waals surface area contributed by atoms with Crippen molar-refractivity contribution in [2.75, 3.05) is 12.4 Å². The Labute approximate surface area is 174 Å². The monoisotopic (exact) mass is 427 g/mol. The van der Waals surface area contributed by atoms with Crippen LogP contribution in [0.2, 0.25) is 0 Å². The number of aromatic nitrogens is 4. The summed E-state index contributed by atoms with van der Waals surface area (Å²) in [4.78, 5) is 6.88. The molecule has 0 saturated carbocycles. The second kappa shape index (κ2) is 8.34. The van der Waals surface area contributed by atoms with E-state index in [-0.39, 0.29) is 11.6 Å². The van der Waals surface area contributed by atoms with Crippen LogP contribution >= 0.6 is 0 Å². The summed E-state index contributed by atoms with van der Waals surface area (Å²) in [5, 5.41) is 10.8. The minimum absolute atomic E-state index is 0.199. The molecule has 0 aliphatic carbocycles. The number of nitrogens with zero attached hydrogens (tertiary/aromatic N) is 3. The Morgan fingerprint density at radius 3 is 2.48 bits per heavy atom. The Bertz CT molecular complexity index is 1180. The number of hydrogen-bond donors (Lipinski definition) is 2. The van der Waals surface area contributed by atoms with Gasteiger partial charge < -0.3 is 19.8 Å². The molecule has 0 spiro atoms. The van der Waals surface area contributed by atoms with E-state index in [1.165, 1.54) is 19.2 Å². The Kier molecular flexibility index (Phi) is 5.44. The van der Waals surface area contributed by atoms with Gasteiger partial charge in [-0.15, -0.1) is 10.2 Å². The van der Waals surface area contributed by atoms with Crippen molar-refractivity contribution in [2.45, 2.75) is 6.18 Å². The van der Waals surface area contributed by atoms with Gasteiger partial charge in [0.2, 0.25) is 5.95 Å². The first kappa shape index (κ1) is 20.2. The number of hydrogen-bond acceptors (Lipinski definition) is 6. The highest BCUT2D eigenvalue weighted by Gasteiger charge is 2.30. The molecule has 2 aromatic heterocycles. The van der Waals surface area contributed by atoms with E-state index >= 15 is 0 Å². The number of halogens is 3. The Hall–Kier alpha value is -4.08. The number of rotatable bonds is 6. The van der Waals surface area contributed by atoms with Gasteiger partial charge >= 0.3 is 6.18 Å². The summed E-state index contributed by atoms with van der Waals surface area (Å²) in [5.41, 5.74) is 0.131. The fraction of sp³-hybridized carbons (Fsp3) is 0.0952. The number of methoxy groups -OCH3 is 1. The van der Waals surface area contributed by atoms with E-state index in [2.05, 4.69) is 25.5 Å². The van der Waals surface area contributed by atoms with Gasteiger partial charge in [-0.05, 0) is 48.5 Å². The minimum atomic E-state index is -4.43. The summed E-state index contributed by atoms with van der Waals surface area (Å²) in [6.07, 6.45) is -1.20. The average molecular weight is 427 g/mol. The molecule has 0 aliphatic rings. The zero-order valence-corrected chi connectivity index (χ0v) is 16.1. The van der Waals surface area contributed by atoms with E-state index in [4.69, 9.17) is 9.47 Å². The topological polar surface area (TPSA) is 85.0 Å². The third-order valence-electron chi connectivity index (χ3n) is 4.25. The van der Waals surface area contributed by atoms with E-state index in [9.17, 15) is 13.2 Å². The van der Waals surface area contributed by atoms with E-state index in [1.54, 1.807) is 42.7 Å². The number of alkyl halides is 3. The molecule has 0 radical (unpaired) electrons. The predicted octanol–water partition coefficient (Wildman–Crippen LogP) is 5.43. The maximum absolute atomic E-state index is 12.9. The van der Waals surface area contributed by atoms with Crippen molar-refractivity contribution in [3.05, 3.63) is 72.6 Å². The van der Waals surface area contributed by atoms with Crippen LogP contribution in [0.4, 0.5) is 24.8 Å². The fourth-order valence-electron chi connectivity index (χ4n) is 2.79. The quantitative estimate of drug-likeness (QED) is 0.427. The zero-order valence-electron chi connectivity index (χ0n) is 16.1. The van der Waals surface area contributed by atoms with Crippen molar-refractivity contribution < 1.29 is 22.6 Å². The molecule has 2 N–H and O–H groups in total. The van der Waals surface area contributed by atoms with E-state index in [0.29, 0.717) is 28.6 Å². The number of benzene rings is 2. The second-order valence-electron chi connectivity index (χ2n) is 6.38. The highest BCUT2D eigenvalue weighted by molar-refractivity contribution is 5.63. The molecule has 4 aromatic rings. The van der Waals surface area contributed by atoms with Crippen LogP contribution in [0.5, 0.6) is 17.2 Å². The first-order valence-electron chi connectivity index (χ1n) is 9.05. The standard InChI is InChI=1S/C21H16F3N5O2/c1-30-18-11-13(5-6-17(18)31-16-7-9-25-10-8-16)19-27-20(29-28-19)26-15-4-2-3-14(12-15)21(22,23)24/h2-12H,1H3,(H2,26,27,28,29). The molecule has 0 saturated heterocycles. The summed E-state index contributed by atoms with van der Waals surface area (Å²) >= 11 is 0. The number of H-pyrrole nitrogens is 1. The van der Waals surface area contributed by atoms with Crippen LogP contribution in [0.15, 0.2) is 67.0 Å². The molecule has 7 nitrogen and oxygen atoms in total. The lowest BCUT2D eigenvalue weighted by Gasteiger charge is -2.11. The van der Waals surface area contributed by atoms with Crippen LogP contribution in [0, 0.1) is 0 Å². The molecule has 0 atom stereocenters. The molecule has 4 rings (SSSR count). The van der Waals surface area contributed by atoms with Crippen molar-refractivity contribution in [1.29, 1.82) is 0 Å². The van der Waals surface area contributed by atoms with E-state index in [0.717, 1.165) is 12.1 Å². The summed E-state index contributed by atoms with van der Waals surface area (Å²) in [7, 11) is 1.51. The first-order valence-corrected chi connectivity index (χ1v) is 9.05. The lowest BCUT2D eigenvalue weighted by molar-refractivity contribution is -0.137. The van der Waals surface area contributed by atoms with Crippen LogP contribution in [0.25, 0.3) is 11.4 Å². The number of aromatic amines is 1. The molecule has 2 aromatic carbocycles. The molecule has 0 bridgehead atoms. The highest BCUT2D eigenvalue weighted by atomic mass is 19.4. The summed E-state index contributed by atoms with van der Waals surface area (Å²) in [6.45, 7) is 0. The molecule has 2 heterocycles. The molecule has 10 heteroatoms. The molecule has 31 heavy (non-hydrogen) atoms. The van der Waals surface area contributed by atoms with Gasteiger partial charge in [0.05, 0.1) is 12.7 Å². The Morgan fingerprint density at radius 1 is 0.935 bits per heavy atom. The van der Waals surface area contributed by atoms with Gasteiger partial charge in [-0.25, -0.2) is 0 Å². The fourth-order valence-corrected chi connectivity index (χ4v) is 2.79. The molecule has 0 aliphatic heterocycles. The van der Waals surface area contributed by atoms with Crippen molar-refractivity contribution in [3.63, 3.8) is 0 Å². The summed E-state index contributed by atoms with van der Waals surface area (Å²) < 4.78 is 49.9. The van der Waals surface area contributed by atoms with Gasteiger partial charge in [0, 0.05) is 23.6 Å². The lowest BCUT2D eigenvalue weighted by atomic mass is 10.2. The molecule has 158 valence electrons. The minimum Gasteiger partial charge on any atom is -0.493 e. The van der Waals surface area contributed by atoms with Gasteiger partial charge in [0.1, 0.15) is 5.75 Å². The van der Waals surface area contributed by atoms with Crippen molar-refractivity contribution in [1.82, 2.24) is 20.2 Å². The lowest BCUT2D eigenvalue weighted by Crippen LogP contribution is -2.05. The molecule has 0 fully saturated rings. The largest absolute Gasteiger partial charge is 0.493 e. The van der Waals surface area contributed by atoms with Gasteiger partial charge in [0.25, 0.3) is 0 Å². The predicted molar refractivity (Wildman–Crippen MR) is 107 cm³/mol. The maximum Gasteiger partial charge on any atom is 0.416 e. The SMILES string of the molecule is COc1cc(-c2nnc(Nc3cccc(C(F)(F)F)c3)[nH]2)ccc1Oc1ccncc1. The zero-order chi connectivity index (χ0) is 21.8. The van der Waals surface area contributed by atoms with Gasteiger partial charge in [0.15, 0.2) is 17.3 Å².